The van der Waals surface area contributed by atoms with Crippen LogP contribution in [0.5, 0.6) is 0 Å². The van der Waals surface area contributed by atoms with Crippen LogP contribution in [-0.4, -0.2) is 76.4 Å². The number of carbonyl (C=O) groups is 1. The van der Waals surface area contributed by atoms with E-state index in [-0.39, 0.29) is 6.29 Å². The van der Waals surface area contributed by atoms with Gasteiger partial charge in [-0.15, -0.1) is 0 Å². The summed E-state index contributed by atoms with van der Waals surface area (Å²) in [7, 11) is 1.81. The van der Waals surface area contributed by atoms with Crippen molar-refractivity contribution in [2.24, 2.45) is 0 Å². The summed E-state index contributed by atoms with van der Waals surface area (Å²) in [5, 5.41) is 46.5. The maximum Gasteiger partial charge on any atom is 0.255 e. The molecule has 0 aromatic carbocycles. The molecule has 0 heterocycles. The van der Waals surface area contributed by atoms with E-state index in [1.165, 1.54) is 0 Å². The van der Waals surface area contributed by atoms with Gasteiger partial charge in [0, 0.05) is 14.2 Å². The lowest BCUT2D eigenvalue weighted by molar-refractivity contribution is -0.349. The second-order valence-electron chi connectivity index (χ2n) is 3.13. The lowest BCUT2D eigenvalue weighted by Gasteiger charge is -2.39. The predicted octanol–water partition coefficient (Wildman–Crippen LogP) is -3.43. The van der Waals surface area contributed by atoms with Crippen molar-refractivity contribution in [3.8, 4) is 0 Å². The average molecular weight is 240 g/mol. The smallest absolute Gasteiger partial charge is 0.255 e. The molecular weight excluding hydrogens is 224 g/mol. The van der Waals surface area contributed by atoms with Gasteiger partial charge in [-0.1, -0.05) is 0 Å². The van der Waals surface area contributed by atoms with Crippen LogP contribution in [-0.2, 0) is 14.3 Å². The first-order valence-corrected chi connectivity index (χ1v) is 4.30. The highest BCUT2D eigenvalue weighted by molar-refractivity contribution is 5.61. The Bertz CT molecular complexity index is 234. The van der Waals surface area contributed by atoms with Gasteiger partial charge in [0.2, 0.25) is 5.79 Å². The highest BCUT2D eigenvalue weighted by Crippen LogP contribution is 2.25. The third kappa shape index (κ3) is 2.55. The number of carbonyl (C=O) groups excluding carboxylic acids is 1. The lowest BCUT2D eigenvalue weighted by atomic mass is 9.97. The minimum atomic E-state index is -2.76. The predicted molar refractivity (Wildman–Crippen MR) is 49.1 cm³/mol. The molecule has 0 aliphatic carbocycles. The van der Waals surface area contributed by atoms with Gasteiger partial charge in [-0.2, -0.15) is 0 Å². The number of hydrogen-bond donors (Lipinski definition) is 5. The molecule has 0 aliphatic rings. The van der Waals surface area contributed by atoms with E-state index in [0.29, 0.717) is 0 Å². The third-order valence-electron chi connectivity index (χ3n) is 2.26. The van der Waals surface area contributed by atoms with Crippen LogP contribution in [0.1, 0.15) is 0 Å². The Kier molecular flexibility index (Phi) is 5.42. The molecule has 96 valence electrons. The van der Waals surface area contributed by atoms with Crippen LogP contribution < -0.4 is 0 Å². The molecule has 0 fully saturated rings. The van der Waals surface area contributed by atoms with Crippen molar-refractivity contribution in [1.82, 2.24) is 0 Å². The summed E-state index contributed by atoms with van der Waals surface area (Å²) >= 11 is 0. The summed E-state index contributed by atoms with van der Waals surface area (Å²) in [5.41, 5.74) is 0. The van der Waals surface area contributed by atoms with Crippen LogP contribution in [0.4, 0.5) is 0 Å². The van der Waals surface area contributed by atoms with Crippen LogP contribution in [0.2, 0.25) is 0 Å². The van der Waals surface area contributed by atoms with Gasteiger partial charge in [-0.3, -0.25) is 4.79 Å². The molecule has 0 aliphatic heterocycles. The molecule has 0 spiro atoms. The zero-order valence-electron chi connectivity index (χ0n) is 8.90. The fraction of sp³-hybridized carbons (Fsp3) is 0.875. The molecule has 16 heavy (non-hydrogen) atoms. The van der Waals surface area contributed by atoms with E-state index in [1.807, 2.05) is 0 Å². The Morgan fingerprint density at radius 1 is 1.25 bits per heavy atom. The first kappa shape index (κ1) is 15.4. The van der Waals surface area contributed by atoms with Gasteiger partial charge in [0.05, 0.1) is 6.61 Å². The van der Waals surface area contributed by atoms with Crippen LogP contribution in [0.15, 0.2) is 0 Å². The Balaban J connectivity index is 5.17. The monoisotopic (exact) mass is 240 g/mol. The molecule has 4 unspecified atom stereocenters. The SMILES string of the molecule is COC(O)(C=O)C(O)C(O)(OC)C(O)CO. The summed E-state index contributed by atoms with van der Waals surface area (Å²) in [6.07, 6.45) is -4.42. The molecular formula is C8H16O8. The van der Waals surface area contributed by atoms with Crippen LogP contribution in [0, 0.1) is 0 Å². The Labute approximate surface area is 91.7 Å². The Morgan fingerprint density at radius 3 is 2.00 bits per heavy atom. The van der Waals surface area contributed by atoms with Gasteiger partial charge in [-0.25, -0.2) is 0 Å². The standard InChI is InChI=1S/C8H16O8/c1-15-7(13,4-10)6(12)8(14,16-2)5(11)3-9/h4-6,9,11-14H,3H2,1-2H3. The first-order chi connectivity index (χ1) is 7.32. The molecule has 0 aromatic heterocycles. The molecule has 0 saturated heterocycles. The molecule has 0 bridgehead atoms. The summed E-state index contributed by atoms with van der Waals surface area (Å²) < 4.78 is 8.69. The third-order valence-corrected chi connectivity index (χ3v) is 2.26. The number of aliphatic hydroxyl groups excluding tert-OH is 3. The van der Waals surface area contributed by atoms with Crippen molar-refractivity contribution < 1.29 is 39.8 Å². The van der Waals surface area contributed by atoms with E-state index in [4.69, 9.17) is 5.11 Å². The molecule has 0 amide bonds. The summed E-state index contributed by atoms with van der Waals surface area (Å²) in [4.78, 5) is 10.5. The van der Waals surface area contributed by atoms with Crippen molar-refractivity contribution in [2.75, 3.05) is 20.8 Å². The van der Waals surface area contributed by atoms with Gasteiger partial charge in [0.15, 0.2) is 12.4 Å². The maximum atomic E-state index is 10.5. The van der Waals surface area contributed by atoms with Crippen molar-refractivity contribution in [3.63, 3.8) is 0 Å². The van der Waals surface area contributed by atoms with E-state index in [2.05, 4.69) is 9.47 Å². The highest BCUT2D eigenvalue weighted by Gasteiger charge is 2.54. The molecule has 5 N–H and O–H groups in total. The average Bonchev–Trinajstić information content (AvgIpc) is 2.34. The Morgan fingerprint density at radius 2 is 1.75 bits per heavy atom. The second-order valence-corrected chi connectivity index (χ2v) is 3.13. The molecule has 0 saturated carbocycles. The lowest BCUT2D eigenvalue weighted by Crippen LogP contribution is -2.65. The largest absolute Gasteiger partial charge is 0.393 e. The number of rotatable bonds is 7. The number of hydrogen-bond acceptors (Lipinski definition) is 8. The Hall–Kier alpha value is -0.610. The minimum Gasteiger partial charge on any atom is -0.393 e. The summed E-state index contributed by atoms with van der Waals surface area (Å²) in [5.74, 6) is -5.51. The molecule has 8 heteroatoms. The number of methoxy groups -OCH3 is 2. The number of aldehydes is 1. The fourth-order valence-corrected chi connectivity index (χ4v) is 1.08. The first-order valence-electron chi connectivity index (χ1n) is 4.30. The van der Waals surface area contributed by atoms with Gasteiger partial charge < -0.3 is 35.0 Å². The van der Waals surface area contributed by atoms with Crippen molar-refractivity contribution in [3.05, 3.63) is 0 Å². The van der Waals surface area contributed by atoms with Gasteiger partial charge >= 0.3 is 0 Å². The van der Waals surface area contributed by atoms with Gasteiger partial charge in [0.25, 0.3) is 5.79 Å². The van der Waals surface area contributed by atoms with Crippen molar-refractivity contribution in [2.45, 2.75) is 23.8 Å². The molecule has 0 rings (SSSR count). The van der Waals surface area contributed by atoms with Gasteiger partial charge in [-0.05, 0) is 0 Å². The van der Waals surface area contributed by atoms with E-state index >= 15 is 0 Å². The highest BCUT2D eigenvalue weighted by atomic mass is 16.7. The molecule has 0 aromatic rings. The minimum absolute atomic E-state index is 0.175. The van der Waals surface area contributed by atoms with Crippen LogP contribution in [0.25, 0.3) is 0 Å². The zero-order chi connectivity index (χ0) is 13.0. The van der Waals surface area contributed by atoms with E-state index in [0.717, 1.165) is 14.2 Å². The van der Waals surface area contributed by atoms with Crippen molar-refractivity contribution >= 4 is 6.29 Å². The molecule has 4 atom stereocenters. The van der Waals surface area contributed by atoms with E-state index in [1.54, 1.807) is 0 Å². The van der Waals surface area contributed by atoms with Crippen molar-refractivity contribution in [1.29, 1.82) is 0 Å². The number of ether oxygens (including phenoxy) is 2. The second kappa shape index (κ2) is 5.64. The summed E-state index contributed by atoms with van der Waals surface area (Å²) in [6, 6.07) is 0. The van der Waals surface area contributed by atoms with E-state index in [9.17, 15) is 25.2 Å². The van der Waals surface area contributed by atoms with Crippen LogP contribution in [0.3, 0.4) is 0 Å². The summed E-state index contributed by atoms with van der Waals surface area (Å²) in [6.45, 7) is -0.958. The van der Waals surface area contributed by atoms with Crippen LogP contribution >= 0.6 is 0 Å². The molecule has 0 radical (unpaired) electrons. The normalized spacial score (nSPS) is 22.9. The fourth-order valence-electron chi connectivity index (χ4n) is 1.08. The topological polar surface area (TPSA) is 137 Å². The quantitative estimate of drug-likeness (QED) is 0.229. The maximum absolute atomic E-state index is 10.5. The number of aliphatic hydroxyl groups is 5. The zero-order valence-corrected chi connectivity index (χ0v) is 8.90. The van der Waals surface area contributed by atoms with Gasteiger partial charge in [0.1, 0.15) is 6.10 Å². The molecule has 8 nitrogen and oxygen atoms in total. The van der Waals surface area contributed by atoms with E-state index < -0.39 is 30.4 Å².